The topological polar surface area (TPSA) is 58.6 Å². The molecule has 0 aromatic carbocycles. The van der Waals surface area contributed by atoms with E-state index >= 15 is 0 Å². The number of Topliss-reactive ketones (excluding diaryl/α,β-unsaturated/α-hetero) is 1. The Morgan fingerprint density at radius 2 is 1.85 bits per heavy atom. The summed E-state index contributed by atoms with van der Waals surface area (Å²) >= 11 is 0. The second-order valence-electron chi connectivity index (χ2n) is 15.8. The maximum Gasteiger partial charge on any atom is 0.225 e. The molecule has 0 bridgehead atoms. The first kappa shape index (κ1) is 31.2. The highest BCUT2D eigenvalue weighted by atomic mass is 16.5. The summed E-state index contributed by atoms with van der Waals surface area (Å²) in [6.45, 7) is 20.2. The van der Waals surface area contributed by atoms with E-state index in [1.165, 1.54) is 44.9 Å². The molecule has 1 N–H and O–H groups in total. The molecule has 1 amide bonds. The maximum atomic E-state index is 12.4. The summed E-state index contributed by atoms with van der Waals surface area (Å²) in [6.07, 6.45) is 12.9. The van der Waals surface area contributed by atoms with Gasteiger partial charge in [-0.05, 0) is 100 Å². The van der Waals surface area contributed by atoms with Gasteiger partial charge >= 0.3 is 0 Å². The summed E-state index contributed by atoms with van der Waals surface area (Å²) in [6, 6.07) is 0.461. The number of fused-ring (bicyclic) bond motifs is 6. The van der Waals surface area contributed by atoms with Crippen LogP contribution in [-0.2, 0) is 14.3 Å². The lowest BCUT2D eigenvalue weighted by molar-refractivity contribution is -0.130. The van der Waals surface area contributed by atoms with Gasteiger partial charge in [0.15, 0.2) is 0 Å². The Morgan fingerprint density at radius 3 is 2.59 bits per heavy atom. The number of ketones is 1. The molecule has 1 spiro atoms. The maximum absolute atomic E-state index is 12.4. The van der Waals surface area contributed by atoms with Crippen molar-refractivity contribution in [3.05, 3.63) is 11.1 Å². The zero-order valence-corrected chi connectivity index (χ0v) is 27.6. The number of ether oxygens (including phenoxy) is 1. The molecule has 5 heteroatoms. The summed E-state index contributed by atoms with van der Waals surface area (Å²) in [5.74, 6) is 4.09. The van der Waals surface area contributed by atoms with Crippen LogP contribution in [0.1, 0.15) is 126 Å². The standard InChI is InChI=1S/C34H54N2O3.C2H6/c1-21-20-34(22(2)30-29(39-34)8-7-16-36(30)17-15-35-31(38)32(3,4)5)14-12-25-26-10-9-23-18-24(37)11-13-33(23,6)28(26)19-27(21)25;1-2/h22-23,25-26,28-30H,7-20H2,1-6H3,(H,35,38);1-2H3. The van der Waals surface area contributed by atoms with Gasteiger partial charge in [-0.15, -0.1) is 0 Å². The highest BCUT2D eigenvalue weighted by molar-refractivity contribution is 5.81. The number of carbonyl (C=O) groups is 2. The molecule has 4 aliphatic carbocycles. The van der Waals surface area contributed by atoms with Crippen LogP contribution in [0.25, 0.3) is 0 Å². The van der Waals surface area contributed by atoms with E-state index in [1.807, 2.05) is 34.6 Å². The van der Waals surface area contributed by atoms with Crippen LogP contribution in [0.5, 0.6) is 0 Å². The minimum absolute atomic E-state index is 0.0398. The molecule has 0 aromatic heterocycles. The van der Waals surface area contributed by atoms with E-state index in [1.54, 1.807) is 11.1 Å². The van der Waals surface area contributed by atoms with Crippen LogP contribution in [-0.4, -0.2) is 54.0 Å². The molecule has 232 valence electrons. The SMILES string of the molecule is CC.CC1=C2CC3C(CCC4CC(=O)CCC43C)C2CCC2(C1)OC1CCCN(CCNC(=O)C(C)(C)C)C1C2C. The number of amides is 1. The van der Waals surface area contributed by atoms with Crippen LogP contribution < -0.4 is 5.32 Å². The molecule has 3 saturated carbocycles. The second kappa shape index (κ2) is 11.7. The smallest absolute Gasteiger partial charge is 0.225 e. The van der Waals surface area contributed by atoms with Crippen LogP contribution in [0.2, 0.25) is 0 Å². The van der Waals surface area contributed by atoms with Gasteiger partial charge in [0.1, 0.15) is 5.78 Å². The summed E-state index contributed by atoms with van der Waals surface area (Å²) in [7, 11) is 0. The second-order valence-corrected chi connectivity index (χ2v) is 15.8. The Kier molecular flexibility index (Phi) is 8.92. The zero-order chi connectivity index (χ0) is 29.7. The van der Waals surface area contributed by atoms with Gasteiger partial charge in [-0.3, -0.25) is 14.5 Å². The molecular formula is C36H60N2O3. The monoisotopic (exact) mass is 568 g/mol. The first-order chi connectivity index (χ1) is 19.4. The van der Waals surface area contributed by atoms with Gasteiger partial charge in [0.05, 0.1) is 11.7 Å². The van der Waals surface area contributed by atoms with Crippen LogP contribution in [0.3, 0.4) is 0 Å². The van der Waals surface area contributed by atoms with E-state index in [4.69, 9.17) is 4.74 Å². The van der Waals surface area contributed by atoms with Crippen molar-refractivity contribution in [1.29, 1.82) is 0 Å². The molecule has 5 fully saturated rings. The predicted molar refractivity (Wildman–Crippen MR) is 167 cm³/mol. The summed E-state index contributed by atoms with van der Waals surface area (Å²) in [5.41, 5.74) is 3.40. The van der Waals surface area contributed by atoms with Crippen molar-refractivity contribution in [2.45, 2.75) is 144 Å². The van der Waals surface area contributed by atoms with Gasteiger partial charge in [-0.2, -0.15) is 0 Å². The molecule has 0 aromatic rings. The Hall–Kier alpha value is -1.20. The molecule has 2 aliphatic heterocycles. The number of hydrogen-bond donors (Lipinski definition) is 1. The minimum atomic E-state index is -0.341. The number of allylic oxidation sites excluding steroid dienone is 1. The quantitative estimate of drug-likeness (QED) is 0.362. The van der Waals surface area contributed by atoms with E-state index in [-0.39, 0.29) is 16.9 Å². The largest absolute Gasteiger partial charge is 0.369 e. The Morgan fingerprint density at radius 1 is 1.10 bits per heavy atom. The normalized spacial score (nSPS) is 42.4. The zero-order valence-electron chi connectivity index (χ0n) is 27.6. The average molecular weight is 569 g/mol. The number of nitrogens with one attached hydrogen (secondary N) is 1. The third-order valence-electron chi connectivity index (χ3n) is 12.8. The number of carbonyl (C=O) groups excluding carboxylic acids is 2. The summed E-state index contributed by atoms with van der Waals surface area (Å²) in [4.78, 5) is 27.4. The molecule has 5 nitrogen and oxygen atoms in total. The summed E-state index contributed by atoms with van der Waals surface area (Å²) < 4.78 is 7.19. The van der Waals surface area contributed by atoms with Crippen LogP contribution in [0, 0.1) is 40.4 Å². The number of rotatable bonds is 3. The molecule has 2 saturated heterocycles. The van der Waals surface area contributed by atoms with Gasteiger partial charge < -0.3 is 10.1 Å². The van der Waals surface area contributed by atoms with Crippen LogP contribution >= 0.6 is 0 Å². The average Bonchev–Trinajstić information content (AvgIpc) is 3.40. The lowest BCUT2D eigenvalue weighted by Crippen LogP contribution is -2.52. The molecule has 0 radical (unpaired) electrons. The Balaban J connectivity index is 0.00000165. The van der Waals surface area contributed by atoms with Crippen LogP contribution in [0.4, 0.5) is 0 Å². The molecule has 9 atom stereocenters. The van der Waals surface area contributed by atoms with Gasteiger partial charge in [-0.25, -0.2) is 0 Å². The lowest BCUT2D eigenvalue weighted by Gasteiger charge is -2.52. The molecule has 9 unspecified atom stereocenters. The minimum Gasteiger partial charge on any atom is -0.369 e. The number of hydrogen-bond acceptors (Lipinski definition) is 4. The van der Waals surface area contributed by atoms with Crippen molar-refractivity contribution < 1.29 is 14.3 Å². The predicted octanol–water partition coefficient (Wildman–Crippen LogP) is 7.34. The van der Waals surface area contributed by atoms with Crippen molar-refractivity contribution in [3.8, 4) is 0 Å². The Bertz CT molecular complexity index is 1030. The van der Waals surface area contributed by atoms with E-state index in [9.17, 15) is 9.59 Å². The summed E-state index contributed by atoms with van der Waals surface area (Å²) in [5, 5.41) is 3.18. The van der Waals surface area contributed by atoms with Gasteiger partial charge in [-0.1, -0.05) is 59.6 Å². The van der Waals surface area contributed by atoms with Crippen molar-refractivity contribution in [3.63, 3.8) is 0 Å². The molecule has 41 heavy (non-hydrogen) atoms. The third-order valence-corrected chi connectivity index (χ3v) is 12.8. The van der Waals surface area contributed by atoms with E-state index < -0.39 is 0 Å². The van der Waals surface area contributed by atoms with Gasteiger partial charge in [0.25, 0.3) is 0 Å². The van der Waals surface area contributed by atoms with Gasteiger partial charge in [0.2, 0.25) is 5.91 Å². The number of piperidine rings is 1. The fourth-order valence-electron chi connectivity index (χ4n) is 10.5. The first-order valence-corrected chi connectivity index (χ1v) is 17.3. The molecular weight excluding hydrogens is 508 g/mol. The van der Waals surface area contributed by atoms with Crippen molar-refractivity contribution in [2.75, 3.05) is 19.6 Å². The molecule has 6 aliphatic rings. The highest BCUT2D eigenvalue weighted by Crippen LogP contribution is 2.65. The fourth-order valence-corrected chi connectivity index (χ4v) is 10.5. The Labute approximate surface area is 251 Å². The molecule has 2 heterocycles. The van der Waals surface area contributed by atoms with Crippen molar-refractivity contribution in [2.24, 2.45) is 40.4 Å². The van der Waals surface area contributed by atoms with E-state index in [0.717, 1.165) is 63.1 Å². The first-order valence-electron chi connectivity index (χ1n) is 17.3. The number of likely N-dealkylation sites (tertiary alicyclic amines) is 1. The van der Waals surface area contributed by atoms with Crippen LogP contribution in [0.15, 0.2) is 11.1 Å². The van der Waals surface area contributed by atoms with Gasteiger partial charge in [0, 0.05) is 43.3 Å². The van der Waals surface area contributed by atoms with Crippen molar-refractivity contribution >= 4 is 11.7 Å². The third kappa shape index (κ3) is 5.49. The van der Waals surface area contributed by atoms with E-state index in [2.05, 4.69) is 31.0 Å². The number of nitrogens with zero attached hydrogens (tertiary/aromatic N) is 1. The van der Waals surface area contributed by atoms with E-state index in [0.29, 0.717) is 35.2 Å². The fraction of sp³-hybridized carbons (Fsp3) is 0.889. The molecule has 6 rings (SSSR count). The highest BCUT2D eigenvalue weighted by Gasteiger charge is 2.59. The van der Waals surface area contributed by atoms with Crippen molar-refractivity contribution in [1.82, 2.24) is 10.2 Å². The lowest BCUT2D eigenvalue weighted by atomic mass is 9.52.